The van der Waals surface area contributed by atoms with Crippen molar-refractivity contribution in [1.82, 2.24) is 0 Å². The van der Waals surface area contributed by atoms with E-state index in [-0.39, 0.29) is 0 Å². The summed E-state index contributed by atoms with van der Waals surface area (Å²) in [5.74, 6) is 1.20. The number of nitrogens with zero attached hydrogens (tertiary/aromatic N) is 4. The SMILES string of the molecule is C=NC(=NC(=NCc1ccccc1)c1ccccc1)c1cccc2c1-c1ccc(N(C3=CC=C(C4=CC=CCC4)CC3)c3ccc(-c4ccccc4)cc3)cc1C2. The van der Waals surface area contributed by atoms with Gasteiger partial charge in [0.05, 0.1) is 6.54 Å². The van der Waals surface area contributed by atoms with Crippen molar-refractivity contribution in [1.29, 1.82) is 0 Å². The molecule has 3 aliphatic carbocycles. The van der Waals surface area contributed by atoms with Gasteiger partial charge >= 0.3 is 0 Å². The van der Waals surface area contributed by atoms with Crippen LogP contribution in [-0.4, -0.2) is 18.4 Å². The third kappa shape index (κ3) is 7.68. The van der Waals surface area contributed by atoms with Gasteiger partial charge in [0.2, 0.25) is 0 Å². The van der Waals surface area contributed by atoms with Gasteiger partial charge in [0.15, 0.2) is 11.7 Å². The van der Waals surface area contributed by atoms with Gasteiger partial charge in [-0.2, -0.15) is 0 Å². The second-order valence-electron chi connectivity index (χ2n) is 14.7. The van der Waals surface area contributed by atoms with Gasteiger partial charge in [0.1, 0.15) is 0 Å². The Kier molecular flexibility index (Phi) is 10.3. The van der Waals surface area contributed by atoms with Crippen LogP contribution in [-0.2, 0) is 13.0 Å². The van der Waals surface area contributed by atoms with Gasteiger partial charge in [-0.15, -0.1) is 0 Å². The van der Waals surface area contributed by atoms with E-state index in [1.165, 1.54) is 50.2 Å². The van der Waals surface area contributed by atoms with E-state index in [1.54, 1.807) is 0 Å². The summed E-state index contributed by atoms with van der Waals surface area (Å²) in [7, 11) is 0. The molecule has 0 unspecified atom stereocenters. The fourth-order valence-corrected chi connectivity index (χ4v) is 8.24. The van der Waals surface area contributed by atoms with Crippen LogP contribution in [0.15, 0.2) is 214 Å². The Labute approximate surface area is 336 Å². The fraction of sp³-hybridized carbons (Fsp3) is 0.113. The van der Waals surface area contributed by atoms with E-state index in [2.05, 4.69) is 150 Å². The molecule has 0 N–H and O–H groups in total. The van der Waals surface area contributed by atoms with Gasteiger partial charge in [-0.25, -0.2) is 9.98 Å². The van der Waals surface area contributed by atoms with Gasteiger partial charge < -0.3 is 4.90 Å². The highest BCUT2D eigenvalue weighted by Crippen LogP contribution is 2.44. The number of benzene rings is 6. The highest BCUT2D eigenvalue weighted by Gasteiger charge is 2.26. The molecule has 0 atom stereocenters. The number of anilines is 2. The third-order valence-electron chi connectivity index (χ3n) is 11.1. The maximum atomic E-state index is 5.12. The number of aliphatic imine (C=N–C) groups is 3. The lowest BCUT2D eigenvalue weighted by molar-refractivity contribution is 0.850. The van der Waals surface area contributed by atoms with Crippen molar-refractivity contribution in [3.05, 3.63) is 227 Å². The van der Waals surface area contributed by atoms with E-state index < -0.39 is 0 Å². The largest absolute Gasteiger partial charge is 0.314 e. The van der Waals surface area contributed by atoms with Crippen LogP contribution in [0.3, 0.4) is 0 Å². The first-order valence-corrected chi connectivity index (χ1v) is 19.9. The van der Waals surface area contributed by atoms with Crippen molar-refractivity contribution in [2.45, 2.75) is 38.6 Å². The maximum absolute atomic E-state index is 5.12. The van der Waals surface area contributed by atoms with Crippen molar-refractivity contribution in [3.8, 4) is 22.3 Å². The summed E-state index contributed by atoms with van der Waals surface area (Å²) in [5, 5.41) is 0. The molecule has 0 aliphatic heterocycles. The van der Waals surface area contributed by atoms with Crippen LogP contribution in [0, 0.1) is 0 Å². The molecule has 0 saturated heterocycles. The van der Waals surface area contributed by atoms with Gasteiger partial charge in [-0.1, -0.05) is 152 Å². The lowest BCUT2D eigenvalue weighted by atomic mass is 9.90. The van der Waals surface area contributed by atoms with Crippen LogP contribution in [0.5, 0.6) is 0 Å². The molecule has 0 heterocycles. The standard InChI is InChI=1S/C53H44N4/c1-54-53(56-52(43-21-12-5-13-22-43)55-37-38-15-6-2-7-16-38)50-24-14-23-44-35-45-36-48(33-34-49(45)51(44)50)57(46-29-25-41(26-30-46)39-17-8-3-9-18-39)47-31-27-42(28-32-47)40-19-10-4-11-20-40/h2-10,12-19,21-27,29-31,33-34,36H,1,11,20,28,32,35,37H2. The Morgan fingerprint density at radius 2 is 1.32 bits per heavy atom. The molecule has 6 aromatic carbocycles. The number of hydrogen-bond donors (Lipinski definition) is 0. The molecule has 57 heavy (non-hydrogen) atoms. The number of fused-ring (bicyclic) bond motifs is 3. The van der Waals surface area contributed by atoms with E-state index in [4.69, 9.17) is 9.98 Å². The fourth-order valence-electron chi connectivity index (χ4n) is 8.24. The van der Waals surface area contributed by atoms with E-state index in [1.807, 2.05) is 48.5 Å². The average molecular weight is 737 g/mol. The Morgan fingerprint density at radius 1 is 0.596 bits per heavy atom. The van der Waals surface area contributed by atoms with Crippen LogP contribution in [0.4, 0.5) is 11.4 Å². The summed E-state index contributed by atoms with van der Waals surface area (Å²) in [4.78, 5) is 17.1. The Balaban J connectivity index is 1.09. The molecule has 276 valence electrons. The minimum Gasteiger partial charge on any atom is -0.314 e. The summed E-state index contributed by atoms with van der Waals surface area (Å²) < 4.78 is 0. The second-order valence-corrected chi connectivity index (χ2v) is 14.7. The molecule has 3 aliphatic rings. The van der Waals surface area contributed by atoms with Gasteiger partial charge in [-0.05, 0) is 119 Å². The molecule has 6 aromatic rings. The summed E-state index contributed by atoms with van der Waals surface area (Å²) in [5.41, 5.74) is 16.9. The normalized spacial score (nSPS) is 14.9. The van der Waals surface area contributed by atoms with Crippen molar-refractivity contribution in [3.63, 3.8) is 0 Å². The number of amidine groups is 2. The minimum atomic E-state index is 0.520. The Bertz CT molecular complexity index is 2610. The van der Waals surface area contributed by atoms with Crippen LogP contribution in [0.1, 0.15) is 53.5 Å². The quantitative estimate of drug-likeness (QED) is 0.107. The van der Waals surface area contributed by atoms with Crippen molar-refractivity contribution in [2.75, 3.05) is 4.90 Å². The molecule has 0 aromatic heterocycles. The zero-order valence-corrected chi connectivity index (χ0v) is 32.1. The molecule has 0 saturated carbocycles. The highest BCUT2D eigenvalue weighted by molar-refractivity contribution is 6.15. The van der Waals surface area contributed by atoms with Gasteiger partial charge in [-0.3, -0.25) is 4.99 Å². The summed E-state index contributed by atoms with van der Waals surface area (Å²) in [6.07, 6.45) is 16.5. The molecule has 4 nitrogen and oxygen atoms in total. The first kappa shape index (κ1) is 35.8. The smallest absolute Gasteiger partial charge is 0.161 e. The van der Waals surface area contributed by atoms with Crippen LogP contribution >= 0.6 is 0 Å². The summed E-state index contributed by atoms with van der Waals surface area (Å²) in [6.45, 7) is 4.53. The molecular formula is C53H44N4. The first-order valence-electron chi connectivity index (χ1n) is 19.9. The van der Waals surface area contributed by atoms with E-state index in [9.17, 15) is 0 Å². The van der Waals surface area contributed by atoms with Gasteiger partial charge in [0, 0.05) is 28.2 Å². The molecule has 0 amide bonds. The van der Waals surface area contributed by atoms with Gasteiger partial charge in [0.25, 0.3) is 0 Å². The predicted molar refractivity (Wildman–Crippen MR) is 240 cm³/mol. The van der Waals surface area contributed by atoms with Crippen LogP contribution in [0.25, 0.3) is 22.3 Å². The van der Waals surface area contributed by atoms with E-state index in [0.29, 0.717) is 18.2 Å². The predicted octanol–water partition coefficient (Wildman–Crippen LogP) is 13.0. The molecular weight excluding hydrogens is 693 g/mol. The van der Waals surface area contributed by atoms with E-state index in [0.717, 1.165) is 60.2 Å². The van der Waals surface area contributed by atoms with Crippen LogP contribution in [0.2, 0.25) is 0 Å². The molecule has 0 spiro atoms. The number of allylic oxidation sites excluding steroid dienone is 8. The number of rotatable bonds is 9. The van der Waals surface area contributed by atoms with Crippen molar-refractivity contribution >= 4 is 29.8 Å². The van der Waals surface area contributed by atoms with E-state index >= 15 is 0 Å². The summed E-state index contributed by atoms with van der Waals surface area (Å²) in [6, 6.07) is 53.4. The monoisotopic (exact) mass is 736 g/mol. The van der Waals surface area contributed by atoms with Crippen LogP contribution < -0.4 is 4.90 Å². The Morgan fingerprint density at radius 3 is 2.04 bits per heavy atom. The lowest BCUT2D eigenvalue weighted by Crippen LogP contribution is -2.18. The molecule has 0 bridgehead atoms. The lowest BCUT2D eigenvalue weighted by Gasteiger charge is -2.31. The minimum absolute atomic E-state index is 0.520. The molecule has 0 radical (unpaired) electrons. The van der Waals surface area contributed by atoms with Crippen molar-refractivity contribution in [2.24, 2.45) is 15.0 Å². The molecule has 0 fully saturated rings. The molecule has 4 heteroatoms. The topological polar surface area (TPSA) is 40.3 Å². The zero-order chi connectivity index (χ0) is 38.4. The summed E-state index contributed by atoms with van der Waals surface area (Å²) >= 11 is 0. The zero-order valence-electron chi connectivity index (χ0n) is 32.1. The highest BCUT2D eigenvalue weighted by atomic mass is 15.1. The maximum Gasteiger partial charge on any atom is 0.161 e. The average Bonchev–Trinajstić information content (AvgIpc) is 3.67. The van der Waals surface area contributed by atoms with Crippen molar-refractivity contribution < 1.29 is 0 Å². The third-order valence-corrected chi connectivity index (χ3v) is 11.1. The number of hydrogen-bond acceptors (Lipinski definition) is 2. The second kappa shape index (κ2) is 16.4. The Hall–Kier alpha value is -6.91. The molecule has 9 rings (SSSR count). The first-order chi connectivity index (χ1) is 28.2.